The van der Waals surface area contributed by atoms with Crippen LogP contribution in [0, 0.1) is 22.7 Å². The molecule has 0 heterocycles. The van der Waals surface area contributed by atoms with Gasteiger partial charge in [-0.1, -0.05) is 20.8 Å². The van der Waals surface area contributed by atoms with Crippen LogP contribution in [0.15, 0.2) is 11.1 Å². The number of fused-ring (bicyclic) bond motifs is 2. The topological polar surface area (TPSA) is 57.5 Å². The fraction of sp³-hybridized carbons (Fsp3) is 0.800. The van der Waals surface area contributed by atoms with Crippen LogP contribution < -0.4 is 0 Å². The minimum Gasteiger partial charge on any atom is -0.396 e. The van der Waals surface area contributed by atoms with Crippen LogP contribution in [-0.2, 0) is 4.79 Å². The van der Waals surface area contributed by atoms with Crippen molar-refractivity contribution in [1.82, 2.24) is 0 Å². The van der Waals surface area contributed by atoms with E-state index >= 15 is 0 Å². The van der Waals surface area contributed by atoms with Gasteiger partial charge in [0.1, 0.15) is 0 Å². The Morgan fingerprint density at radius 2 is 2.06 bits per heavy atom. The number of hydrogen-bond donors (Lipinski definition) is 2. The summed E-state index contributed by atoms with van der Waals surface area (Å²) in [5.41, 5.74) is 1.21. The molecule has 1 fully saturated rings. The molecule has 3 aliphatic rings. The number of carbonyl (C=O) groups is 1. The summed E-state index contributed by atoms with van der Waals surface area (Å²) in [5, 5.41) is 20.1. The van der Waals surface area contributed by atoms with Crippen LogP contribution in [0.1, 0.15) is 40.0 Å². The van der Waals surface area contributed by atoms with Gasteiger partial charge in [0, 0.05) is 11.3 Å². The summed E-state index contributed by atoms with van der Waals surface area (Å²) < 4.78 is 0. The SMILES string of the molecule is CC1C(=O)C2=C(C(O)C(C)(CO)C2)C2(C)CCC12. The molecular weight excluding hydrogens is 228 g/mol. The lowest BCUT2D eigenvalue weighted by atomic mass is 9.49. The summed E-state index contributed by atoms with van der Waals surface area (Å²) in [6, 6.07) is 0. The first-order valence-corrected chi connectivity index (χ1v) is 6.92. The molecule has 0 spiro atoms. The fourth-order valence-electron chi connectivity index (χ4n) is 4.47. The van der Waals surface area contributed by atoms with E-state index in [-0.39, 0.29) is 23.7 Å². The summed E-state index contributed by atoms with van der Waals surface area (Å²) >= 11 is 0. The van der Waals surface area contributed by atoms with Crippen LogP contribution in [0.2, 0.25) is 0 Å². The van der Waals surface area contributed by atoms with Crippen LogP contribution in [0.25, 0.3) is 0 Å². The van der Waals surface area contributed by atoms with Crippen LogP contribution in [0.5, 0.6) is 0 Å². The first-order valence-electron chi connectivity index (χ1n) is 6.92. The smallest absolute Gasteiger partial charge is 0.162 e. The van der Waals surface area contributed by atoms with Crippen LogP contribution in [-0.4, -0.2) is 28.7 Å². The Kier molecular flexibility index (Phi) is 2.37. The van der Waals surface area contributed by atoms with Gasteiger partial charge in [-0.05, 0) is 41.7 Å². The molecule has 1 saturated carbocycles. The summed E-state index contributed by atoms with van der Waals surface area (Å²) in [5.74, 6) is 0.679. The predicted octanol–water partition coefficient (Wildman–Crippen LogP) is 1.68. The Balaban J connectivity index is 2.11. The van der Waals surface area contributed by atoms with Gasteiger partial charge in [0.15, 0.2) is 5.78 Å². The van der Waals surface area contributed by atoms with Gasteiger partial charge in [-0.2, -0.15) is 0 Å². The van der Waals surface area contributed by atoms with E-state index in [1.54, 1.807) is 0 Å². The number of rotatable bonds is 1. The molecule has 2 N–H and O–H groups in total. The normalized spacial score (nSPS) is 50.9. The molecule has 3 aliphatic carbocycles. The molecule has 0 aromatic rings. The van der Waals surface area contributed by atoms with Gasteiger partial charge in [0.25, 0.3) is 0 Å². The Labute approximate surface area is 108 Å². The number of aliphatic hydroxyl groups excluding tert-OH is 2. The Morgan fingerprint density at radius 3 is 2.56 bits per heavy atom. The maximum absolute atomic E-state index is 12.4. The highest BCUT2D eigenvalue weighted by molar-refractivity contribution is 6.00. The lowest BCUT2D eigenvalue weighted by Gasteiger charge is -2.55. The van der Waals surface area contributed by atoms with Crippen molar-refractivity contribution in [3.05, 3.63) is 11.1 Å². The number of aliphatic hydroxyl groups is 2. The van der Waals surface area contributed by atoms with Crippen molar-refractivity contribution in [2.75, 3.05) is 6.61 Å². The third-order valence-corrected chi connectivity index (χ3v) is 5.92. The highest BCUT2D eigenvalue weighted by Gasteiger charge is 2.61. The van der Waals surface area contributed by atoms with Gasteiger partial charge in [-0.25, -0.2) is 0 Å². The van der Waals surface area contributed by atoms with E-state index < -0.39 is 11.5 Å². The van der Waals surface area contributed by atoms with Gasteiger partial charge >= 0.3 is 0 Å². The fourth-order valence-corrected chi connectivity index (χ4v) is 4.47. The van der Waals surface area contributed by atoms with E-state index in [1.165, 1.54) is 0 Å². The van der Waals surface area contributed by atoms with Crippen molar-refractivity contribution in [2.24, 2.45) is 22.7 Å². The maximum atomic E-state index is 12.4. The average Bonchev–Trinajstić information content (AvgIpc) is 2.59. The van der Waals surface area contributed by atoms with E-state index in [1.807, 2.05) is 13.8 Å². The van der Waals surface area contributed by atoms with E-state index in [0.29, 0.717) is 12.3 Å². The average molecular weight is 250 g/mol. The standard InChI is InChI=1S/C15H22O3/c1-8-10-4-5-15(10,3)11-9(12(8)17)6-14(2,7-16)13(11)18/h8,10,13,16,18H,4-7H2,1-3H3. The molecular formula is C15H22O3. The Hall–Kier alpha value is -0.670. The highest BCUT2D eigenvalue weighted by atomic mass is 16.3. The molecule has 5 unspecified atom stereocenters. The van der Waals surface area contributed by atoms with Gasteiger partial charge in [0.2, 0.25) is 0 Å². The van der Waals surface area contributed by atoms with Crippen LogP contribution in [0.3, 0.4) is 0 Å². The molecule has 0 amide bonds. The number of carbonyl (C=O) groups excluding carboxylic acids is 1. The van der Waals surface area contributed by atoms with Crippen molar-refractivity contribution < 1.29 is 15.0 Å². The molecule has 3 nitrogen and oxygen atoms in total. The molecule has 0 bridgehead atoms. The molecule has 0 aliphatic heterocycles. The van der Waals surface area contributed by atoms with Crippen molar-refractivity contribution in [3.8, 4) is 0 Å². The molecule has 0 radical (unpaired) electrons. The number of hydrogen-bond acceptors (Lipinski definition) is 3. The Bertz CT molecular complexity index is 453. The van der Waals surface area contributed by atoms with E-state index in [2.05, 4.69) is 6.92 Å². The molecule has 18 heavy (non-hydrogen) atoms. The largest absolute Gasteiger partial charge is 0.396 e. The lowest BCUT2D eigenvalue weighted by molar-refractivity contribution is -0.127. The quantitative estimate of drug-likeness (QED) is 0.744. The van der Waals surface area contributed by atoms with Crippen molar-refractivity contribution in [2.45, 2.75) is 46.1 Å². The van der Waals surface area contributed by atoms with Crippen molar-refractivity contribution in [3.63, 3.8) is 0 Å². The molecule has 0 aromatic heterocycles. The molecule has 0 aromatic carbocycles. The monoisotopic (exact) mass is 250 g/mol. The first kappa shape index (κ1) is 12.4. The first-order chi connectivity index (χ1) is 8.35. The molecule has 100 valence electrons. The zero-order valence-corrected chi connectivity index (χ0v) is 11.4. The van der Waals surface area contributed by atoms with Crippen molar-refractivity contribution in [1.29, 1.82) is 0 Å². The summed E-state index contributed by atoms with van der Waals surface area (Å²) in [6.07, 6.45) is 2.03. The predicted molar refractivity (Wildman–Crippen MR) is 67.8 cm³/mol. The summed E-state index contributed by atoms with van der Waals surface area (Å²) in [6.45, 7) is 6.02. The molecule has 0 saturated heterocycles. The van der Waals surface area contributed by atoms with Crippen LogP contribution >= 0.6 is 0 Å². The second-order valence-corrected chi connectivity index (χ2v) is 7.00. The number of Topliss-reactive ketones (excluding diaryl/α,β-unsaturated/α-hetero) is 1. The number of ketones is 1. The van der Waals surface area contributed by atoms with Gasteiger partial charge in [0.05, 0.1) is 12.7 Å². The zero-order chi connectivity index (χ0) is 13.3. The lowest BCUT2D eigenvalue weighted by Crippen LogP contribution is -2.51. The van der Waals surface area contributed by atoms with Gasteiger partial charge in [-0.15, -0.1) is 0 Å². The van der Waals surface area contributed by atoms with E-state index in [4.69, 9.17) is 0 Å². The molecule has 5 atom stereocenters. The minimum absolute atomic E-state index is 0.00495. The molecule has 3 heteroatoms. The van der Waals surface area contributed by atoms with Gasteiger partial charge in [-0.3, -0.25) is 4.79 Å². The second kappa shape index (κ2) is 3.45. The third-order valence-electron chi connectivity index (χ3n) is 5.92. The zero-order valence-electron chi connectivity index (χ0n) is 11.4. The van der Waals surface area contributed by atoms with Crippen LogP contribution in [0.4, 0.5) is 0 Å². The highest BCUT2D eigenvalue weighted by Crippen LogP contribution is 2.64. The second-order valence-electron chi connectivity index (χ2n) is 7.00. The maximum Gasteiger partial charge on any atom is 0.162 e. The minimum atomic E-state index is -0.651. The van der Waals surface area contributed by atoms with E-state index in [0.717, 1.165) is 24.0 Å². The summed E-state index contributed by atoms with van der Waals surface area (Å²) in [4.78, 5) is 12.4. The molecule has 3 rings (SSSR count). The number of allylic oxidation sites excluding steroid dienone is 1. The Morgan fingerprint density at radius 1 is 1.39 bits per heavy atom. The van der Waals surface area contributed by atoms with Gasteiger partial charge < -0.3 is 10.2 Å². The summed E-state index contributed by atoms with van der Waals surface area (Å²) in [7, 11) is 0. The van der Waals surface area contributed by atoms with E-state index in [9.17, 15) is 15.0 Å². The van der Waals surface area contributed by atoms with Crippen molar-refractivity contribution >= 4 is 5.78 Å². The third kappa shape index (κ3) is 1.19.